The molecule has 0 aromatic rings. The zero-order valence-corrected chi connectivity index (χ0v) is 12.6. The van der Waals surface area contributed by atoms with Gasteiger partial charge in [0.15, 0.2) is 0 Å². The molecule has 2 nitrogen and oxygen atoms in total. The Kier molecular flexibility index (Phi) is 8.28. The van der Waals surface area contributed by atoms with Crippen molar-refractivity contribution in [3.63, 3.8) is 0 Å². The largest absolute Gasteiger partial charge is 0.343 e. The van der Waals surface area contributed by atoms with Gasteiger partial charge in [0, 0.05) is 19.5 Å². The molecule has 0 aromatic carbocycles. The molecule has 0 unspecified atom stereocenters. The average molecular weight is 241 g/mol. The lowest BCUT2D eigenvalue weighted by molar-refractivity contribution is -0.133. The van der Waals surface area contributed by atoms with Crippen molar-refractivity contribution >= 4 is 5.91 Å². The van der Waals surface area contributed by atoms with E-state index in [4.69, 9.17) is 0 Å². The van der Waals surface area contributed by atoms with Gasteiger partial charge in [-0.15, -0.1) is 0 Å². The first-order valence-electron chi connectivity index (χ1n) is 7.28. The zero-order chi connectivity index (χ0) is 13.4. The van der Waals surface area contributed by atoms with E-state index < -0.39 is 0 Å². The van der Waals surface area contributed by atoms with Crippen LogP contribution in [0.2, 0.25) is 0 Å². The van der Waals surface area contributed by atoms with Crippen molar-refractivity contribution in [2.45, 2.75) is 60.8 Å². The van der Waals surface area contributed by atoms with Crippen molar-refractivity contribution in [1.29, 1.82) is 0 Å². The van der Waals surface area contributed by atoms with Crippen LogP contribution in [0.4, 0.5) is 0 Å². The summed E-state index contributed by atoms with van der Waals surface area (Å²) in [5.74, 6) is 2.44. The lowest BCUT2D eigenvalue weighted by Crippen LogP contribution is -2.39. The molecule has 1 heterocycles. The van der Waals surface area contributed by atoms with Crippen LogP contribution in [-0.4, -0.2) is 23.9 Å². The topological polar surface area (TPSA) is 20.3 Å². The summed E-state index contributed by atoms with van der Waals surface area (Å²) in [7, 11) is 0. The molecular formula is C15H31NO. The molecule has 1 aliphatic heterocycles. The van der Waals surface area contributed by atoms with Gasteiger partial charge in [-0.1, -0.05) is 41.5 Å². The molecule has 0 aromatic heterocycles. The summed E-state index contributed by atoms with van der Waals surface area (Å²) in [5, 5.41) is 0. The van der Waals surface area contributed by atoms with Crippen LogP contribution in [-0.2, 0) is 4.79 Å². The summed E-state index contributed by atoms with van der Waals surface area (Å²) in [5.41, 5.74) is 0. The highest BCUT2D eigenvalue weighted by Crippen LogP contribution is 2.24. The van der Waals surface area contributed by atoms with E-state index in [1.54, 1.807) is 0 Å². The molecule has 1 fully saturated rings. The molecule has 0 N–H and O–H groups in total. The summed E-state index contributed by atoms with van der Waals surface area (Å²) in [4.78, 5) is 13.9. The molecule has 102 valence electrons. The number of nitrogens with zero attached hydrogens (tertiary/aromatic N) is 1. The van der Waals surface area contributed by atoms with Crippen molar-refractivity contribution in [2.24, 2.45) is 17.8 Å². The normalized spacial score (nSPS) is 17.1. The lowest BCUT2D eigenvalue weighted by atomic mass is 9.86. The van der Waals surface area contributed by atoms with Crippen LogP contribution >= 0.6 is 0 Å². The van der Waals surface area contributed by atoms with Crippen LogP contribution in [0.5, 0.6) is 0 Å². The Bertz CT molecular complexity index is 203. The molecule has 0 saturated carbocycles. The number of carbonyl (C=O) groups is 1. The van der Waals surface area contributed by atoms with Gasteiger partial charge >= 0.3 is 0 Å². The number of likely N-dealkylation sites (tertiary alicyclic amines) is 1. The zero-order valence-electron chi connectivity index (χ0n) is 12.6. The highest BCUT2D eigenvalue weighted by Gasteiger charge is 2.24. The van der Waals surface area contributed by atoms with Crippen molar-refractivity contribution in [1.82, 2.24) is 4.90 Å². The molecule has 0 spiro atoms. The highest BCUT2D eigenvalue weighted by molar-refractivity contribution is 5.76. The van der Waals surface area contributed by atoms with E-state index in [0.29, 0.717) is 18.2 Å². The first kappa shape index (κ1) is 16.5. The summed E-state index contributed by atoms with van der Waals surface area (Å²) >= 11 is 0. The molecule has 1 aliphatic rings. The predicted octanol–water partition coefficient (Wildman–Crippen LogP) is 3.95. The van der Waals surface area contributed by atoms with Gasteiger partial charge in [0.2, 0.25) is 5.91 Å². The standard InChI is InChI=1S/C13H25NO.C2H6/c1-10(2)9-13(15)14-7-5-12(6-8-14)11(3)4;1-2/h10-12H,5-9H2,1-4H3;1-2H3. The fraction of sp³-hybridized carbons (Fsp3) is 0.933. The molecule has 17 heavy (non-hydrogen) atoms. The number of carbonyl (C=O) groups excluding carboxylic acids is 1. The van der Waals surface area contributed by atoms with E-state index in [-0.39, 0.29) is 0 Å². The fourth-order valence-corrected chi connectivity index (χ4v) is 2.29. The SMILES string of the molecule is CC.CC(C)CC(=O)N1CCC(C(C)C)CC1. The Morgan fingerprint density at radius 3 is 1.94 bits per heavy atom. The van der Waals surface area contributed by atoms with Crippen molar-refractivity contribution < 1.29 is 4.79 Å². The Hall–Kier alpha value is -0.530. The fourth-order valence-electron chi connectivity index (χ4n) is 2.29. The molecule has 0 bridgehead atoms. The van der Waals surface area contributed by atoms with E-state index in [9.17, 15) is 4.79 Å². The summed E-state index contributed by atoms with van der Waals surface area (Å²) in [6, 6.07) is 0. The van der Waals surface area contributed by atoms with Crippen LogP contribution in [0.1, 0.15) is 60.8 Å². The van der Waals surface area contributed by atoms with E-state index in [0.717, 1.165) is 24.9 Å². The third-order valence-electron chi connectivity index (χ3n) is 3.42. The maximum Gasteiger partial charge on any atom is 0.222 e. The van der Waals surface area contributed by atoms with E-state index in [1.165, 1.54) is 12.8 Å². The number of rotatable bonds is 3. The number of piperidine rings is 1. The van der Waals surface area contributed by atoms with Crippen molar-refractivity contribution in [3.8, 4) is 0 Å². The molecule has 2 heteroatoms. The van der Waals surface area contributed by atoms with Gasteiger partial charge in [-0.25, -0.2) is 0 Å². The Morgan fingerprint density at radius 2 is 1.59 bits per heavy atom. The molecule has 1 rings (SSSR count). The molecular weight excluding hydrogens is 210 g/mol. The van der Waals surface area contributed by atoms with Gasteiger partial charge in [0.1, 0.15) is 0 Å². The van der Waals surface area contributed by atoms with E-state index in [1.807, 2.05) is 13.8 Å². The summed E-state index contributed by atoms with van der Waals surface area (Å²) in [6.07, 6.45) is 3.11. The Morgan fingerprint density at radius 1 is 1.12 bits per heavy atom. The minimum Gasteiger partial charge on any atom is -0.343 e. The smallest absolute Gasteiger partial charge is 0.222 e. The molecule has 0 aliphatic carbocycles. The second kappa shape index (κ2) is 8.54. The third-order valence-corrected chi connectivity index (χ3v) is 3.42. The minimum absolute atomic E-state index is 0.354. The maximum atomic E-state index is 11.8. The number of hydrogen-bond acceptors (Lipinski definition) is 1. The first-order valence-corrected chi connectivity index (χ1v) is 7.28. The van der Waals surface area contributed by atoms with Crippen LogP contribution in [0.3, 0.4) is 0 Å². The van der Waals surface area contributed by atoms with Gasteiger partial charge in [0.25, 0.3) is 0 Å². The van der Waals surface area contributed by atoms with Gasteiger partial charge in [-0.2, -0.15) is 0 Å². The molecule has 1 amide bonds. The maximum absolute atomic E-state index is 11.8. The van der Waals surface area contributed by atoms with Gasteiger partial charge < -0.3 is 4.90 Å². The Balaban J connectivity index is 0.00000121. The van der Waals surface area contributed by atoms with E-state index >= 15 is 0 Å². The summed E-state index contributed by atoms with van der Waals surface area (Å²) < 4.78 is 0. The second-order valence-electron chi connectivity index (χ2n) is 5.56. The van der Waals surface area contributed by atoms with Crippen LogP contribution in [0, 0.1) is 17.8 Å². The van der Waals surface area contributed by atoms with Gasteiger partial charge in [-0.3, -0.25) is 4.79 Å². The van der Waals surface area contributed by atoms with Crippen molar-refractivity contribution in [2.75, 3.05) is 13.1 Å². The van der Waals surface area contributed by atoms with Crippen LogP contribution in [0.15, 0.2) is 0 Å². The number of hydrogen-bond donors (Lipinski definition) is 0. The molecule has 0 radical (unpaired) electrons. The predicted molar refractivity (Wildman–Crippen MR) is 74.9 cm³/mol. The van der Waals surface area contributed by atoms with Crippen LogP contribution in [0.25, 0.3) is 0 Å². The van der Waals surface area contributed by atoms with E-state index in [2.05, 4.69) is 32.6 Å². The van der Waals surface area contributed by atoms with Crippen LogP contribution < -0.4 is 0 Å². The quantitative estimate of drug-likeness (QED) is 0.732. The highest BCUT2D eigenvalue weighted by atomic mass is 16.2. The first-order chi connectivity index (χ1) is 8.00. The van der Waals surface area contributed by atoms with Gasteiger partial charge in [0.05, 0.1) is 0 Å². The summed E-state index contributed by atoms with van der Waals surface area (Å²) in [6.45, 7) is 14.8. The second-order valence-corrected chi connectivity index (χ2v) is 5.56. The monoisotopic (exact) mass is 241 g/mol. The number of amides is 1. The average Bonchev–Trinajstić information content (AvgIpc) is 2.31. The lowest BCUT2D eigenvalue weighted by Gasteiger charge is -2.34. The van der Waals surface area contributed by atoms with Gasteiger partial charge in [-0.05, 0) is 30.6 Å². The third kappa shape index (κ3) is 6.09. The Labute approximate surface area is 108 Å². The molecule has 1 saturated heterocycles. The minimum atomic E-state index is 0.354. The van der Waals surface area contributed by atoms with Crippen molar-refractivity contribution in [3.05, 3.63) is 0 Å². The molecule has 0 atom stereocenters.